The first-order valence-corrected chi connectivity index (χ1v) is 8.51. The molecule has 1 aromatic carbocycles. The number of aryl methyl sites for hydroxylation is 1. The van der Waals surface area contributed by atoms with Crippen LogP contribution in [0.25, 0.3) is 0 Å². The average molecular weight is 376 g/mol. The number of rotatable bonds is 4. The van der Waals surface area contributed by atoms with E-state index >= 15 is 0 Å². The second kappa shape index (κ2) is 6.11. The highest BCUT2D eigenvalue weighted by molar-refractivity contribution is 9.10. The van der Waals surface area contributed by atoms with E-state index in [0.717, 1.165) is 10.0 Å². The molecular formula is C13H12BrClN2O2S. The summed E-state index contributed by atoms with van der Waals surface area (Å²) in [5, 5.41) is 0.117. The lowest BCUT2D eigenvalue weighted by atomic mass is 10.2. The number of nitrogens with one attached hydrogen (secondary N) is 1. The third-order valence-electron chi connectivity index (χ3n) is 2.70. The van der Waals surface area contributed by atoms with Gasteiger partial charge in [0.15, 0.2) is 5.15 Å². The molecule has 0 saturated carbocycles. The maximum atomic E-state index is 12.4. The van der Waals surface area contributed by atoms with Crippen LogP contribution in [0.2, 0.25) is 5.15 Å². The predicted molar refractivity (Wildman–Crippen MR) is 83.6 cm³/mol. The van der Waals surface area contributed by atoms with Gasteiger partial charge in [0.1, 0.15) is 0 Å². The lowest BCUT2D eigenvalue weighted by Gasteiger charge is -2.12. The molecule has 0 fully saturated rings. The van der Waals surface area contributed by atoms with Crippen molar-refractivity contribution in [3.8, 4) is 0 Å². The molecule has 1 N–H and O–H groups in total. The van der Waals surface area contributed by atoms with E-state index in [1.807, 2.05) is 6.92 Å². The number of anilines is 1. The molecule has 1 heterocycles. The maximum absolute atomic E-state index is 12.4. The van der Waals surface area contributed by atoms with Gasteiger partial charge in [-0.3, -0.25) is 4.72 Å². The summed E-state index contributed by atoms with van der Waals surface area (Å²) >= 11 is 9.21. The van der Waals surface area contributed by atoms with Crippen LogP contribution in [0.5, 0.6) is 0 Å². The first kappa shape index (κ1) is 15.3. The highest BCUT2D eigenvalue weighted by Crippen LogP contribution is 2.26. The number of hydrogen-bond acceptors (Lipinski definition) is 3. The van der Waals surface area contributed by atoms with Crippen LogP contribution in [-0.2, 0) is 16.4 Å². The van der Waals surface area contributed by atoms with Crippen molar-refractivity contribution >= 4 is 43.2 Å². The van der Waals surface area contributed by atoms with Crippen LogP contribution in [0, 0.1) is 0 Å². The molecule has 0 bridgehead atoms. The molecule has 2 rings (SSSR count). The van der Waals surface area contributed by atoms with E-state index in [9.17, 15) is 8.42 Å². The van der Waals surface area contributed by atoms with Gasteiger partial charge >= 0.3 is 0 Å². The summed E-state index contributed by atoms with van der Waals surface area (Å²) in [7, 11) is -3.69. The van der Waals surface area contributed by atoms with E-state index in [1.54, 1.807) is 30.3 Å². The summed E-state index contributed by atoms with van der Waals surface area (Å²) in [6, 6.07) is 8.23. The van der Waals surface area contributed by atoms with Crippen LogP contribution >= 0.6 is 27.5 Å². The monoisotopic (exact) mass is 374 g/mol. The van der Waals surface area contributed by atoms with Crippen molar-refractivity contribution in [3.63, 3.8) is 0 Å². The third kappa shape index (κ3) is 3.31. The Balaban J connectivity index is 2.44. The van der Waals surface area contributed by atoms with Crippen LogP contribution in [0.3, 0.4) is 0 Å². The largest absolute Gasteiger partial charge is 0.276 e. The molecule has 1 aromatic heterocycles. The van der Waals surface area contributed by atoms with Crippen molar-refractivity contribution in [2.45, 2.75) is 18.2 Å². The summed E-state index contributed by atoms with van der Waals surface area (Å²) in [6.45, 7) is 1.90. The van der Waals surface area contributed by atoms with Crippen LogP contribution in [-0.4, -0.2) is 13.4 Å². The SMILES string of the molecule is CCc1cc(Br)ccc1S(=O)(=O)Nc1cccnc1Cl. The molecule has 2 aromatic rings. The second-order valence-electron chi connectivity index (χ2n) is 4.05. The molecule has 0 aliphatic rings. The van der Waals surface area contributed by atoms with Gasteiger partial charge in [-0.05, 0) is 42.3 Å². The van der Waals surface area contributed by atoms with Gasteiger partial charge in [0.25, 0.3) is 10.0 Å². The summed E-state index contributed by atoms with van der Waals surface area (Å²) in [6.07, 6.45) is 2.10. The zero-order valence-electron chi connectivity index (χ0n) is 10.6. The van der Waals surface area contributed by atoms with Gasteiger partial charge in [-0.2, -0.15) is 0 Å². The Morgan fingerprint density at radius 1 is 1.35 bits per heavy atom. The number of nitrogens with zero attached hydrogens (tertiary/aromatic N) is 1. The molecule has 0 aliphatic heterocycles. The van der Waals surface area contributed by atoms with Gasteiger partial charge in [0.05, 0.1) is 10.6 Å². The smallest absolute Gasteiger partial charge is 0.262 e. The number of hydrogen-bond donors (Lipinski definition) is 1. The van der Waals surface area contributed by atoms with Crippen molar-refractivity contribution in [2.24, 2.45) is 0 Å². The Morgan fingerprint density at radius 2 is 2.10 bits per heavy atom. The van der Waals surface area contributed by atoms with Gasteiger partial charge in [0, 0.05) is 10.7 Å². The zero-order chi connectivity index (χ0) is 14.8. The fourth-order valence-corrected chi connectivity index (χ4v) is 3.74. The molecule has 0 unspecified atom stereocenters. The minimum atomic E-state index is -3.69. The number of aromatic nitrogens is 1. The lowest BCUT2D eigenvalue weighted by Crippen LogP contribution is -2.15. The molecule has 0 radical (unpaired) electrons. The van der Waals surface area contributed by atoms with Crippen molar-refractivity contribution < 1.29 is 8.42 Å². The normalized spacial score (nSPS) is 11.3. The average Bonchev–Trinajstić information content (AvgIpc) is 2.40. The molecule has 0 atom stereocenters. The van der Waals surface area contributed by atoms with Crippen LogP contribution in [0.1, 0.15) is 12.5 Å². The van der Waals surface area contributed by atoms with Gasteiger partial charge < -0.3 is 0 Å². The highest BCUT2D eigenvalue weighted by Gasteiger charge is 2.19. The Bertz CT molecular complexity index is 735. The van der Waals surface area contributed by atoms with E-state index in [-0.39, 0.29) is 15.7 Å². The molecule has 0 amide bonds. The molecule has 20 heavy (non-hydrogen) atoms. The molecule has 4 nitrogen and oxygen atoms in total. The van der Waals surface area contributed by atoms with Gasteiger partial charge in [-0.1, -0.05) is 34.5 Å². The number of pyridine rings is 1. The van der Waals surface area contributed by atoms with Crippen molar-refractivity contribution in [1.29, 1.82) is 0 Å². The maximum Gasteiger partial charge on any atom is 0.262 e. The Labute approximate surface area is 131 Å². The topological polar surface area (TPSA) is 59.1 Å². The fourth-order valence-electron chi connectivity index (χ4n) is 1.75. The van der Waals surface area contributed by atoms with E-state index in [1.165, 1.54) is 6.20 Å². The van der Waals surface area contributed by atoms with Crippen molar-refractivity contribution in [1.82, 2.24) is 4.98 Å². The third-order valence-corrected chi connectivity index (χ3v) is 4.96. The van der Waals surface area contributed by atoms with Crippen LogP contribution in [0.15, 0.2) is 45.9 Å². The standard InChI is InChI=1S/C13H12BrClN2O2S/c1-2-9-8-10(14)5-6-12(9)20(18,19)17-11-4-3-7-16-13(11)15/h3-8,17H,2H2,1H3. The summed E-state index contributed by atoms with van der Waals surface area (Å²) in [5.41, 5.74) is 0.992. The number of halogens is 2. The van der Waals surface area contributed by atoms with Crippen molar-refractivity contribution in [2.75, 3.05) is 4.72 Å². The quantitative estimate of drug-likeness (QED) is 0.826. The van der Waals surface area contributed by atoms with Gasteiger partial charge in [-0.15, -0.1) is 0 Å². The minimum absolute atomic E-state index is 0.117. The molecule has 106 valence electrons. The lowest BCUT2D eigenvalue weighted by molar-refractivity contribution is 0.600. The number of benzene rings is 1. The Hall–Kier alpha value is -1.11. The molecule has 0 spiro atoms. The van der Waals surface area contributed by atoms with E-state index in [4.69, 9.17) is 11.6 Å². The minimum Gasteiger partial charge on any atom is -0.276 e. The highest BCUT2D eigenvalue weighted by atomic mass is 79.9. The zero-order valence-corrected chi connectivity index (χ0v) is 13.8. The van der Waals surface area contributed by atoms with Crippen LogP contribution in [0.4, 0.5) is 5.69 Å². The Kier molecular flexibility index (Phi) is 4.67. The molecule has 0 saturated heterocycles. The molecule has 7 heteroatoms. The van der Waals surface area contributed by atoms with E-state index < -0.39 is 10.0 Å². The van der Waals surface area contributed by atoms with Gasteiger partial charge in [0.2, 0.25) is 0 Å². The van der Waals surface area contributed by atoms with E-state index in [0.29, 0.717) is 6.42 Å². The number of sulfonamides is 1. The van der Waals surface area contributed by atoms with Crippen LogP contribution < -0.4 is 4.72 Å². The molecule has 0 aliphatic carbocycles. The summed E-state index contributed by atoms with van der Waals surface area (Å²) in [5.74, 6) is 0. The predicted octanol–water partition coefficient (Wildman–Crippen LogP) is 3.86. The summed E-state index contributed by atoms with van der Waals surface area (Å²) in [4.78, 5) is 4.08. The first-order chi connectivity index (χ1) is 9.44. The summed E-state index contributed by atoms with van der Waals surface area (Å²) < 4.78 is 28.2. The second-order valence-corrected chi connectivity index (χ2v) is 6.98. The Morgan fingerprint density at radius 3 is 2.75 bits per heavy atom. The van der Waals surface area contributed by atoms with Gasteiger partial charge in [-0.25, -0.2) is 13.4 Å². The van der Waals surface area contributed by atoms with E-state index in [2.05, 4.69) is 25.6 Å². The molecular weight excluding hydrogens is 364 g/mol. The fraction of sp³-hybridized carbons (Fsp3) is 0.154. The first-order valence-electron chi connectivity index (χ1n) is 5.86. The van der Waals surface area contributed by atoms with Crippen molar-refractivity contribution in [3.05, 3.63) is 51.7 Å².